The fourth-order valence-electron chi connectivity index (χ4n) is 1.58. The lowest BCUT2D eigenvalue weighted by Crippen LogP contribution is -2.11. The third-order valence-corrected chi connectivity index (χ3v) is 2.58. The molecular weight excluding hydrogens is 278 g/mol. The molecule has 0 radical (unpaired) electrons. The molecule has 9 heteroatoms. The van der Waals surface area contributed by atoms with Crippen LogP contribution in [0.15, 0.2) is 12.3 Å². The summed E-state index contributed by atoms with van der Waals surface area (Å²) in [6.07, 6.45) is 1.29. The Morgan fingerprint density at radius 1 is 1.29 bits per heavy atom. The molecule has 2 rings (SSSR count). The number of anilines is 1. The van der Waals surface area contributed by atoms with E-state index in [2.05, 4.69) is 15.1 Å². The van der Waals surface area contributed by atoms with E-state index < -0.39 is 5.97 Å². The lowest BCUT2D eigenvalue weighted by molar-refractivity contribution is 0.0527. The van der Waals surface area contributed by atoms with Crippen LogP contribution in [0, 0.1) is 0 Å². The number of methoxy groups -OCH3 is 2. The molecule has 0 aliphatic heterocycles. The zero-order valence-corrected chi connectivity index (χ0v) is 11.9. The topological polar surface area (TPSA) is 114 Å². The molecular formula is C12H15N5O4. The van der Waals surface area contributed by atoms with E-state index in [1.165, 1.54) is 31.2 Å². The van der Waals surface area contributed by atoms with Crippen molar-refractivity contribution in [3.05, 3.63) is 17.8 Å². The highest BCUT2D eigenvalue weighted by atomic mass is 16.5. The first-order chi connectivity index (χ1) is 10.1. The maximum atomic E-state index is 11.7. The van der Waals surface area contributed by atoms with E-state index in [0.29, 0.717) is 0 Å². The number of carbonyl (C=O) groups is 1. The summed E-state index contributed by atoms with van der Waals surface area (Å²) in [5, 5.41) is 3.99. The van der Waals surface area contributed by atoms with Gasteiger partial charge in [0.05, 0.1) is 33.1 Å². The normalized spacial score (nSPS) is 10.2. The van der Waals surface area contributed by atoms with Crippen molar-refractivity contribution in [2.24, 2.45) is 0 Å². The van der Waals surface area contributed by atoms with Gasteiger partial charge < -0.3 is 19.9 Å². The molecule has 2 aromatic rings. The number of rotatable bonds is 5. The lowest BCUT2D eigenvalue weighted by Gasteiger charge is -2.07. The van der Waals surface area contributed by atoms with E-state index >= 15 is 0 Å². The summed E-state index contributed by atoms with van der Waals surface area (Å²) in [7, 11) is 2.92. The average molecular weight is 293 g/mol. The Morgan fingerprint density at radius 2 is 1.90 bits per heavy atom. The quantitative estimate of drug-likeness (QED) is 0.790. The third-order valence-electron chi connectivity index (χ3n) is 2.58. The lowest BCUT2D eigenvalue weighted by atomic mass is 10.3. The van der Waals surface area contributed by atoms with Crippen LogP contribution in [0.5, 0.6) is 11.8 Å². The van der Waals surface area contributed by atoms with Crippen molar-refractivity contribution in [1.29, 1.82) is 0 Å². The molecule has 9 nitrogen and oxygen atoms in total. The number of nitrogens with zero attached hydrogens (tertiary/aromatic N) is 4. The van der Waals surface area contributed by atoms with Crippen LogP contribution in [-0.2, 0) is 4.74 Å². The van der Waals surface area contributed by atoms with Crippen molar-refractivity contribution in [2.45, 2.75) is 6.92 Å². The van der Waals surface area contributed by atoms with E-state index in [9.17, 15) is 4.79 Å². The standard InChI is InChI=1S/C12H15N5O4/c1-4-21-11(18)7-6-14-17(10(7)13)12-15-8(19-2)5-9(16-12)20-3/h5-6H,4,13H2,1-3H3. The Morgan fingerprint density at radius 3 is 2.43 bits per heavy atom. The van der Waals surface area contributed by atoms with Crippen LogP contribution in [-0.4, -0.2) is 46.5 Å². The van der Waals surface area contributed by atoms with Gasteiger partial charge in [-0.25, -0.2) is 4.79 Å². The minimum atomic E-state index is -0.559. The second-order valence-corrected chi connectivity index (χ2v) is 3.83. The molecule has 0 amide bonds. The van der Waals surface area contributed by atoms with E-state index in [1.807, 2.05) is 0 Å². The number of nitrogen functional groups attached to an aromatic ring is 1. The van der Waals surface area contributed by atoms with E-state index in [-0.39, 0.29) is 35.7 Å². The van der Waals surface area contributed by atoms with Gasteiger partial charge in [0.1, 0.15) is 11.4 Å². The molecule has 0 saturated heterocycles. The molecule has 0 atom stereocenters. The average Bonchev–Trinajstić information content (AvgIpc) is 2.88. The van der Waals surface area contributed by atoms with Crippen LogP contribution in [0.1, 0.15) is 17.3 Å². The van der Waals surface area contributed by atoms with Crippen molar-refractivity contribution in [1.82, 2.24) is 19.7 Å². The molecule has 0 bridgehead atoms. The zero-order valence-electron chi connectivity index (χ0n) is 11.9. The van der Waals surface area contributed by atoms with Gasteiger partial charge >= 0.3 is 5.97 Å². The maximum absolute atomic E-state index is 11.7. The molecule has 112 valence electrons. The molecule has 2 N–H and O–H groups in total. The number of aromatic nitrogens is 4. The molecule has 2 heterocycles. The van der Waals surface area contributed by atoms with Crippen LogP contribution in [0.3, 0.4) is 0 Å². The highest BCUT2D eigenvalue weighted by Crippen LogP contribution is 2.20. The van der Waals surface area contributed by atoms with Crippen LogP contribution in [0.4, 0.5) is 5.82 Å². The Kier molecular flexibility index (Phi) is 4.21. The van der Waals surface area contributed by atoms with Gasteiger partial charge in [-0.05, 0) is 6.92 Å². The number of esters is 1. The highest BCUT2D eigenvalue weighted by molar-refractivity contribution is 5.94. The van der Waals surface area contributed by atoms with Gasteiger partial charge in [-0.15, -0.1) is 0 Å². The van der Waals surface area contributed by atoms with Crippen molar-refractivity contribution in [2.75, 3.05) is 26.6 Å². The first kappa shape index (κ1) is 14.6. The molecule has 0 saturated carbocycles. The van der Waals surface area contributed by atoms with Gasteiger partial charge in [-0.2, -0.15) is 19.7 Å². The second kappa shape index (κ2) is 6.07. The predicted octanol–water partition coefficient (Wildman–Crippen LogP) is 0.438. The van der Waals surface area contributed by atoms with Crippen molar-refractivity contribution < 1.29 is 19.0 Å². The Bertz CT molecular complexity index is 633. The monoisotopic (exact) mass is 293 g/mol. The Balaban J connectivity index is 2.45. The fraction of sp³-hybridized carbons (Fsp3) is 0.333. The fourth-order valence-corrected chi connectivity index (χ4v) is 1.58. The summed E-state index contributed by atoms with van der Waals surface area (Å²) in [4.78, 5) is 19.9. The summed E-state index contributed by atoms with van der Waals surface area (Å²) in [6, 6.07) is 1.51. The first-order valence-electron chi connectivity index (χ1n) is 6.08. The highest BCUT2D eigenvalue weighted by Gasteiger charge is 2.19. The molecule has 0 aliphatic carbocycles. The van der Waals surface area contributed by atoms with Gasteiger partial charge in [0, 0.05) is 0 Å². The third kappa shape index (κ3) is 2.86. The summed E-state index contributed by atoms with van der Waals surface area (Å²) in [6.45, 7) is 1.95. The molecule has 0 aliphatic rings. The van der Waals surface area contributed by atoms with Gasteiger partial charge in [0.25, 0.3) is 5.95 Å². The maximum Gasteiger partial charge on any atom is 0.343 e. The van der Waals surface area contributed by atoms with Crippen molar-refractivity contribution in [3.63, 3.8) is 0 Å². The molecule has 0 unspecified atom stereocenters. The molecule has 0 spiro atoms. The summed E-state index contributed by atoms with van der Waals surface area (Å²) >= 11 is 0. The van der Waals surface area contributed by atoms with Crippen LogP contribution >= 0.6 is 0 Å². The van der Waals surface area contributed by atoms with Gasteiger partial charge in [-0.1, -0.05) is 0 Å². The minimum Gasteiger partial charge on any atom is -0.481 e. The van der Waals surface area contributed by atoms with E-state index in [1.54, 1.807) is 6.92 Å². The van der Waals surface area contributed by atoms with Gasteiger partial charge in [-0.3, -0.25) is 0 Å². The number of ether oxygens (including phenoxy) is 3. The van der Waals surface area contributed by atoms with E-state index in [4.69, 9.17) is 19.9 Å². The molecule has 0 aromatic carbocycles. The molecule has 0 fully saturated rings. The van der Waals surface area contributed by atoms with Gasteiger partial charge in [0.2, 0.25) is 11.8 Å². The first-order valence-corrected chi connectivity index (χ1v) is 6.08. The summed E-state index contributed by atoms with van der Waals surface area (Å²) in [5.41, 5.74) is 6.03. The summed E-state index contributed by atoms with van der Waals surface area (Å²) in [5.74, 6) is 0.202. The van der Waals surface area contributed by atoms with Crippen molar-refractivity contribution in [3.8, 4) is 17.7 Å². The van der Waals surface area contributed by atoms with Crippen LogP contribution in [0.2, 0.25) is 0 Å². The summed E-state index contributed by atoms with van der Waals surface area (Å²) < 4.78 is 16.2. The van der Waals surface area contributed by atoms with E-state index in [0.717, 1.165) is 0 Å². The number of carbonyl (C=O) groups excluding carboxylic acids is 1. The number of hydrogen-bond donors (Lipinski definition) is 1. The second-order valence-electron chi connectivity index (χ2n) is 3.83. The largest absolute Gasteiger partial charge is 0.481 e. The number of nitrogens with two attached hydrogens (primary N) is 1. The number of hydrogen-bond acceptors (Lipinski definition) is 8. The zero-order chi connectivity index (χ0) is 15.4. The Labute approximate surface area is 120 Å². The van der Waals surface area contributed by atoms with Crippen LogP contribution in [0.25, 0.3) is 5.95 Å². The SMILES string of the molecule is CCOC(=O)c1cnn(-c2nc(OC)cc(OC)n2)c1N. The smallest absolute Gasteiger partial charge is 0.343 e. The Hall–Kier alpha value is -2.84. The van der Waals surface area contributed by atoms with Crippen LogP contribution < -0.4 is 15.2 Å². The van der Waals surface area contributed by atoms with Crippen molar-refractivity contribution >= 4 is 11.8 Å². The van der Waals surface area contributed by atoms with Gasteiger partial charge in [0.15, 0.2) is 0 Å². The predicted molar refractivity (Wildman–Crippen MR) is 72.6 cm³/mol. The molecule has 2 aromatic heterocycles. The molecule has 21 heavy (non-hydrogen) atoms. The minimum absolute atomic E-state index is 0.0729.